The molecule has 2 aliphatic rings. The number of alkyl halides is 1. The topological polar surface area (TPSA) is 18.5 Å². The van der Waals surface area contributed by atoms with Crippen molar-refractivity contribution in [3.63, 3.8) is 0 Å². The van der Waals surface area contributed by atoms with Gasteiger partial charge in [0.15, 0.2) is 12.0 Å². The highest BCUT2D eigenvalue weighted by Crippen LogP contribution is 2.36. The number of hydrogen-bond acceptors (Lipinski definition) is 2. The summed E-state index contributed by atoms with van der Waals surface area (Å²) in [6.45, 7) is 4.19. The molecule has 0 aromatic heterocycles. The highest BCUT2D eigenvalue weighted by molar-refractivity contribution is 5.66. The van der Waals surface area contributed by atoms with Gasteiger partial charge in [-0.25, -0.2) is 8.78 Å². The van der Waals surface area contributed by atoms with Gasteiger partial charge in [0.2, 0.25) is 0 Å². The number of rotatable bonds is 7. The van der Waals surface area contributed by atoms with Crippen LogP contribution in [0.25, 0.3) is 5.57 Å². The molecule has 1 aromatic carbocycles. The van der Waals surface area contributed by atoms with Crippen LogP contribution in [0.4, 0.5) is 8.78 Å². The molecule has 1 unspecified atom stereocenters. The summed E-state index contributed by atoms with van der Waals surface area (Å²) in [4.78, 5) is 0. The Kier molecular flexibility index (Phi) is 7.42. The van der Waals surface area contributed by atoms with Gasteiger partial charge in [-0.1, -0.05) is 43.7 Å². The Morgan fingerprint density at radius 2 is 2.04 bits per heavy atom. The first kappa shape index (κ1) is 21.2. The molecule has 1 saturated heterocycles. The van der Waals surface area contributed by atoms with E-state index in [9.17, 15) is 8.78 Å². The van der Waals surface area contributed by atoms with E-state index in [1.165, 1.54) is 5.57 Å². The first-order valence-electron chi connectivity index (χ1n) is 10.6. The molecule has 2 nitrogen and oxygen atoms in total. The molecular formula is C24H32F2O2. The third-order valence-corrected chi connectivity index (χ3v) is 5.79. The van der Waals surface area contributed by atoms with Crippen molar-refractivity contribution in [2.75, 3.05) is 13.2 Å². The van der Waals surface area contributed by atoms with Crippen LogP contribution in [0.3, 0.4) is 0 Å². The summed E-state index contributed by atoms with van der Waals surface area (Å²) in [5.74, 6) is 0.110. The molecule has 3 rings (SSSR count). The lowest BCUT2D eigenvalue weighted by molar-refractivity contribution is -0.254. The fourth-order valence-electron chi connectivity index (χ4n) is 4.14. The molecule has 0 radical (unpaired) electrons. The maximum Gasteiger partial charge on any atom is 0.160 e. The van der Waals surface area contributed by atoms with E-state index < -0.39 is 5.67 Å². The van der Waals surface area contributed by atoms with Gasteiger partial charge in [-0.3, -0.25) is 0 Å². The minimum atomic E-state index is -1.34. The second-order valence-electron chi connectivity index (χ2n) is 8.07. The predicted molar refractivity (Wildman–Crippen MR) is 109 cm³/mol. The van der Waals surface area contributed by atoms with E-state index in [4.69, 9.17) is 9.47 Å². The molecule has 28 heavy (non-hydrogen) atoms. The van der Waals surface area contributed by atoms with Gasteiger partial charge in [-0.15, -0.1) is 0 Å². The van der Waals surface area contributed by atoms with Crippen molar-refractivity contribution in [3.8, 4) is 0 Å². The SMILES string of the molecule is C/C=C/CCc1ccc(C2=CCC(C3OCC(F)(CCC)CO3)CC2)cc1F. The van der Waals surface area contributed by atoms with E-state index in [1.54, 1.807) is 6.07 Å². The number of allylic oxidation sites excluding steroid dienone is 4. The molecule has 4 heteroatoms. The van der Waals surface area contributed by atoms with Crippen LogP contribution in [-0.2, 0) is 15.9 Å². The Labute approximate surface area is 167 Å². The molecule has 0 bridgehead atoms. The lowest BCUT2D eigenvalue weighted by atomic mass is 9.85. The maximum absolute atomic E-state index is 14.5. The number of ether oxygens (including phenoxy) is 2. The molecule has 1 atom stereocenters. The second kappa shape index (κ2) is 9.80. The Bertz CT molecular complexity index is 703. The van der Waals surface area contributed by atoms with Gasteiger partial charge in [-0.05, 0) is 68.2 Å². The van der Waals surface area contributed by atoms with Crippen LogP contribution in [0.15, 0.2) is 36.4 Å². The largest absolute Gasteiger partial charge is 0.349 e. The van der Waals surface area contributed by atoms with Crippen molar-refractivity contribution in [2.45, 2.75) is 70.8 Å². The van der Waals surface area contributed by atoms with Gasteiger partial charge in [0, 0.05) is 5.92 Å². The lowest BCUT2D eigenvalue weighted by Gasteiger charge is -2.38. The third kappa shape index (κ3) is 5.30. The summed E-state index contributed by atoms with van der Waals surface area (Å²) in [7, 11) is 0. The summed E-state index contributed by atoms with van der Waals surface area (Å²) in [6.07, 6.45) is 11.3. The van der Waals surface area contributed by atoms with E-state index >= 15 is 0 Å². The zero-order valence-corrected chi connectivity index (χ0v) is 17.1. The highest BCUT2D eigenvalue weighted by atomic mass is 19.1. The fourth-order valence-corrected chi connectivity index (χ4v) is 4.14. The van der Waals surface area contributed by atoms with Crippen molar-refractivity contribution in [1.82, 2.24) is 0 Å². The molecule has 0 spiro atoms. The Hall–Kier alpha value is -1.52. The monoisotopic (exact) mass is 390 g/mol. The highest BCUT2D eigenvalue weighted by Gasteiger charge is 2.39. The zero-order valence-electron chi connectivity index (χ0n) is 17.1. The van der Waals surface area contributed by atoms with Crippen LogP contribution in [0.5, 0.6) is 0 Å². The number of benzene rings is 1. The molecule has 0 N–H and O–H groups in total. The quantitative estimate of drug-likeness (QED) is 0.502. The number of hydrogen-bond donors (Lipinski definition) is 0. The van der Waals surface area contributed by atoms with Crippen molar-refractivity contribution in [1.29, 1.82) is 0 Å². The van der Waals surface area contributed by atoms with Crippen molar-refractivity contribution in [3.05, 3.63) is 53.4 Å². The Morgan fingerprint density at radius 1 is 1.25 bits per heavy atom. The average Bonchev–Trinajstić information content (AvgIpc) is 2.70. The Morgan fingerprint density at radius 3 is 2.64 bits per heavy atom. The molecule has 154 valence electrons. The summed E-state index contributed by atoms with van der Waals surface area (Å²) < 4.78 is 40.3. The first-order chi connectivity index (χ1) is 13.5. The molecule has 1 aliphatic heterocycles. The van der Waals surface area contributed by atoms with Crippen LogP contribution >= 0.6 is 0 Å². The number of halogens is 2. The molecule has 1 heterocycles. The minimum absolute atomic E-state index is 0.123. The van der Waals surface area contributed by atoms with Crippen molar-refractivity contribution in [2.24, 2.45) is 5.92 Å². The van der Waals surface area contributed by atoms with Gasteiger partial charge in [-0.2, -0.15) is 0 Å². The van der Waals surface area contributed by atoms with Crippen LogP contribution in [-0.4, -0.2) is 25.2 Å². The number of aryl methyl sites for hydroxylation is 1. The summed E-state index contributed by atoms with van der Waals surface area (Å²) in [6, 6.07) is 5.59. The van der Waals surface area contributed by atoms with Crippen LogP contribution in [0, 0.1) is 11.7 Å². The summed E-state index contributed by atoms with van der Waals surface area (Å²) in [5, 5.41) is 0. The molecule has 1 aromatic rings. The minimum Gasteiger partial charge on any atom is -0.349 e. The van der Waals surface area contributed by atoms with E-state index in [0.29, 0.717) is 6.42 Å². The van der Waals surface area contributed by atoms with Gasteiger partial charge >= 0.3 is 0 Å². The van der Waals surface area contributed by atoms with E-state index in [1.807, 2.05) is 32.1 Å². The summed E-state index contributed by atoms with van der Waals surface area (Å²) in [5.41, 5.74) is 1.56. The first-order valence-corrected chi connectivity index (χ1v) is 10.6. The van der Waals surface area contributed by atoms with Gasteiger partial charge in [0.05, 0.1) is 13.2 Å². The normalized spacial score (nSPS) is 28.5. The average molecular weight is 391 g/mol. The predicted octanol–water partition coefficient (Wildman–Crippen LogP) is 6.40. The fraction of sp³-hybridized carbons (Fsp3) is 0.583. The van der Waals surface area contributed by atoms with E-state index in [-0.39, 0.29) is 31.2 Å². The van der Waals surface area contributed by atoms with E-state index in [0.717, 1.165) is 49.7 Å². The molecule has 1 fully saturated rings. The summed E-state index contributed by atoms with van der Waals surface area (Å²) >= 11 is 0. The van der Waals surface area contributed by atoms with E-state index in [2.05, 4.69) is 12.2 Å². The second-order valence-corrected chi connectivity index (χ2v) is 8.07. The van der Waals surface area contributed by atoms with Crippen molar-refractivity contribution < 1.29 is 18.3 Å². The smallest absolute Gasteiger partial charge is 0.160 e. The maximum atomic E-state index is 14.5. The van der Waals surface area contributed by atoms with Gasteiger partial charge < -0.3 is 9.47 Å². The molecular weight excluding hydrogens is 358 g/mol. The Balaban J connectivity index is 1.56. The lowest BCUT2D eigenvalue weighted by Crippen LogP contribution is -2.46. The molecule has 1 aliphatic carbocycles. The van der Waals surface area contributed by atoms with Crippen LogP contribution < -0.4 is 0 Å². The molecule has 0 saturated carbocycles. The van der Waals surface area contributed by atoms with Crippen molar-refractivity contribution >= 4 is 5.57 Å². The zero-order chi connectivity index (χ0) is 20.0. The molecule has 0 amide bonds. The van der Waals surface area contributed by atoms with Gasteiger partial charge in [0.1, 0.15) is 5.82 Å². The van der Waals surface area contributed by atoms with Crippen LogP contribution in [0.2, 0.25) is 0 Å². The van der Waals surface area contributed by atoms with Gasteiger partial charge in [0.25, 0.3) is 0 Å². The van der Waals surface area contributed by atoms with Crippen LogP contribution in [0.1, 0.15) is 63.5 Å². The third-order valence-electron chi connectivity index (χ3n) is 5.79. The standard InChI is InChI=1S/C24H32F2O2/c1-3-5-6-7-19-10-13-21(15-22(19)25)18-8-11-20(12-9-18)23-27-16-24(26,14-4-2)17-28-23/h3,5,8,10,13,15,20,23H,4,6-7,9,11-12,14,16-17H2,1-2H3/b5-3+.